The molecule has 0 aromatic heterocycles. The number of carbonyl (C=O) groups is 2. The van der Waals surface area contributed by atoms with Crippen LogP contribution in [0.1, 0.15) is 17.3 Å². The lowest BCUT2D eigenvalue weighted by Gasteiger charge is -2.15. The summed E-state index contributed by atoms with van der Waals surface area (Å²) in [6.45, 7) is 1.41. The van der Waals surface area contributed by atoms with Gasteiger partial charge in [-0.1, -0.05) is 23.7 Å². The number of amides is 1. The molecule has 2 aromatic rings. The molecule has 7 nitrogen and oxygen atoms in total. The van der Waals surface area contributed by atoms with Crippen molar-refractivity contribution in [3.63, 3.8) is 0 Å². The molecule has 0 unspecified atom stereocenters. The molecule has 0 radical (unpaired) electrons. The zero-order valence-corrected chi connectivity index (χ0v) is 15.6. The first-order valence-corrected chi connectivity index (χ1v) is 9.77. The average Bonchev–Trinajstić information content (AvgIpc) is 2.55. The van der Waals surface area contributed by atoms with Gasteiger partial charge in [0, 0.05) is 10.7 Å². The van der Waals surface area contributed by atoms with E-state index in [-0.39, 0.29) is 11.3 Å². The van der Waals surface area contributed by atoms with Crippen molar-refractivity contribution in [2.45, 2.75) is 13.0 Å². The number of halogens is 1. The molecular weight excluding hydrogens is 380 g/mol. The molecule has 26 heavy (non-hydrogen) atoms. The Balaban J connectivity index is 2.07. The Morgan fingerprint density at radius 1 is 1.08 bits per heavy atom. The Morgan fingerprint density at radius 2 is 1.69 bits per heavy atom. The van der Waals surface area contributed by atoms with Crippen LogP contribution in [0.15, 0.2) is 48.5 Å². The van der Waals surface area contributed by atoms with Crippen LogP contribution >= 0.6 is 11.6 Å². The lowest BCUT2D eigenvalue weighted by molar-refractivity contribution is -0.123. The number of carbonyl (C=O) groups excluding carboxylic acids is 2. The van der Waals surface area contributed by atoms with E-state index >= 15 is 0 Å². The maximum absolute atomic E-state index is 12.3. The van der Waals surface area contributed by atoms with Crippen molar-refractivity contribution in [2.24, 2.45) is 0 Å². The van der Waals surface area contributed by atoms with Crippen molar-refractivity contribution < 1.29 is 22.7 Å². The molecule has 0 aliphatic rings. The third-order valence-electron chi connectivity index (χ3n) is 3.21. The van der Waals surface area contributed by atoms with Crippen LogP contribution in [0, 0.1) is 0 Å². The monoisotopic (exact) mass is 396 g/mol. The molecule has 138 valence electrons. The summed E-state index contributed by atoms with van der Waals surface area (Å²) in [6.07, 6.45) is -0.124. The number of benzene rings is 2. The van der Waals surface area contributed by atoms with Crippen molar-refractivity contribution in [2.75, 3.05) is 16.3 Å². The summed E-state index contributed by atoms with van der Waals surface area (Å²) in [5, 5.41) is 3.12. The third-order valence-corrected chi connectivity index (χ3v) is 4.05. The van der Waals surface area contributed by atoms with Gasteiger partial charge in [-0.15, -0.1) is 0 Å². The molecular formula is C17H17ClN2O5S. The summed E-state index contributed by atoms with van der Waals surface area (Å²) in [4.78, 5) is 24.5. The van der Waals surface area contributed by atoms with Crippen LogP contribution in [0.3, 0.4) is 0 Å². The normalized spacial score (nSPS) is 12.1. The molecule has 1 amide bonds. The summed E-state index contributed by atoms with van der Waals surface area (Å²) in [5.74, 6) is -1.36. The first kappa shape index (κ1) is 19.7. The van der Waals surface area contributed by atoms with Crippen molar-refractivity contribution in [1.29, 1.82) is 0 Å². The number of sulfonamides is 1. The molecule has 0 saturated heterocycles. The third kappa shape index (κ3) is 5.75. The van der Waals surface area contributed by atoms with E-state index in [9.17, 15) is 18.0 Å². The molecule has 1 atom stereocenters. The lowest BCUT2D eigenvalue weighted by Crippen LogP contribution is -2.30. The fraction of sp³-hybridized carbons (Fsp3) is 0.176. The van der Waals surface area contributed by atoms with Crippen LogP contribution in [-0.4, -0.2) is 32.7 Å². The maximum Gasteiger partial charge on any atom is 0.341 e. The van der Waals surface area contributed by atoms with Gasteiger partial charge < -0.3 is 10.1 Å². The Morgan fingerprint density at radius 3 is 2.31 bits per heavy atom. The SMILES string of the molecule is C[C@@H](OC(=O)c1ccccc1NS(C)(=O)=O)C(=O)Nc1ccc(Cl)cc1. The van der Waals surface area contributed by atoms with Crippen LogP contribution < -0.4 is 10.0 Å². The van der Waals surface area contributed by atoms with Crippen molar-refractivity contribution >= 4 is 44.9 Å². The minimum absolute atomic E-state index is 0.00377. The van der Waals surface area contributed by atoms with Gasteiger partial charge in [0.2, 0.25) is 10.0 Å². The smallest absolute Gasteiger partial charge is 0.341 e. The van der Waals surface area contributed by atoms with Gasteiger partial charge in [0.15, 0.2) is 6.10 Å². The van der Waals surface area contributed by atoms with E-state index in [1.807, 2.05) is 0 Å². The minimum Gasteiger partial charge on any atom is -0.449 e. The fourth-order valence-corrected chi connectivity index (χ4v) is 2.71. The second-order valence-corrected chi connectivity index (χ2v) is 7.65. The second-order valence-electron chi connectivity index (χ2n) is 5.46. The number of rotatable bonds is 6. The number of ether oxygens (including phenoxy) is 1. The molecule has 0 saturated carbocycles. The number of hydrogen-bond donors (Lipinski definition) is 2. The zero-order valence-electron chi connectivity index (χ0n) is 14.0. The first-order valence-electron chi connectivity index (χ1n) is 7.50. The van der Waals surface area contributed by atoms with Crippen LogP contribution in [0.25, 0.3) is 0 Å². The quantitative estimate of drug-likeness (QED) is 0.731. The van der Waals surface area contributed by atoms with Gasteiger partial charge in [0.25, 0.3) is 5.91 Å². The van der Waals surface area contributed by atoms with E-state index in [2.05, 4.69) is 10.0 Å². The maximum atomic E-state index is 12.3. The van der Waals surface area contributed by atoms with Gasteiger partial charge >= 0.3 is 5.97 Å². The highest BCUT2D eigenvalue weighted by molar-refractivity contribution is 7.92. The molecule has 2 aromatic carbocycles. The molecule has 0 aliphatic carbocycles. The number of anilines is 2. The predicted molar refractivity (Wildman–Crippen MR) is 99.9 cm³/mol. The van der Waals surface area contributed by atoms with Gasteiger partial charge in [0.1, 0.15) is 0 Å². The Labute approximate surface area is 156 Å². The van der Waals surface area contributed by atoms with Gasteiger partial charge in [-0.25, -0.2) is 13.2 Å². The molecule has 0 spiro atoms. The molecule has 9 heteroatoms. The Kier molecular flexibility index (Phi) is 6.23. The van der Waals surface area contributed by atoms with Gasteiger partial charge in [0.05, 0.1) is 17.5 Å². The van der Waals surface area contributed by atoms with Crippen LogP contribution in [0.4, 0.5) is 11.4 Å². The average molecular weight is 397 g/mol. The standard InChI is InChI=1S/C17H17ClN2O5S/c1-11(16(21)19-13-9-7-12(18)8-10-13)25-17(22)14-5-3-4-6-15(14)20-26(2,23)24/h3-11,20H,1-2H3,(H,19,21)/t11-/m1/s1. The van der Waals surface area contributed by atoms with Crippen LogP contribution in [0.2, 0.25) is 5.02 Å². The second kappa shape index (κ2) is 8.20. The predicted octanol–water partition coefficient (Wildman–Crippen LogP) is 2.90. The van der Waals surface area contributed by atoms with Crippen molar-refractivity contribution in [3.05, 3.63) is 59.1 Å². The van der Waals surface area contributed by atoms with Gasteiger partial charge in [-0.2, -0.15) is 0 Å². The largest absolute Gasteiger partial charge is 0.449 e. The molecule has 0 heterocycles. The van der Waals surface area contributed by atoms with Crippen LogP contribution in [0.5, 0.6) is 0 Å². The first-order chi connectivity index (χ1) is 12.2. The fourth-order valence-electron chi connectivity index (χ4n) is 2.00. The van der Waals surface area contributed by atoms with E-state index in [4.69, 9.17) is 16.3 Å². The minimum atomic E-state index is -3.57. The number of nitrogens with one attached hydrogen (secondary N) is 2. The highest BCUT2D eigenvalue weighted by Gasteiger charge is 2.21. The Bertz CT molecular complexity index is 913. The van der Waals surface area contributed by atoms with Gasteiger partial charge in [-0.3, -0.25) is 9.52 Å². The topological polar surface area (TPSA) is 102 Å². The van der Waals surface area contributed by atoms with E-state index in [1.54, 1.807) is 36.4 Å². The van der Waals surface area contributed by atoms with E-state index in [1.165, 1.54) is 19.1 Å². The molecule has 0 bridgehead atoms. The molecule has 2 rings (SSSR count). The van der Waals surface area contributed by atoms with E-state index < -0.39 is 28.0 Å². The summed E-state index contributed by atoms with van der Waals surface area (Å²) in [6, 6.07) is 12.4. The number of esters is 1. The van der Waals surface area contributed by atoms with Gasteiger partial charge in [-0.05, 0) is 43.3 Å². The molecule has 0 aliphatic heterocycles. The van der Waals surface area contributed by atoms with Crippen molar-refractivity contribution in [1.82, 2.24) is 0 Å². The molecule has 0 fully saturated rings. The summed E-state index contributed by atoms with van der Waals surface area (Å²) in [5.41, 5.74) is 0.579. The highest BCUT2D eigenvalue weighted by atomic mass is 35.5. The highest BCUT2D eigenvalue weighted by Crippen LogP contribution is 2.19. The summed E-state index contributed by atoms with van der Waals surface area (Å²) in [7, 11) is -3.57. The zero-order chi connectivity index (χ0) is 19.3. The van der Waals surface area contributed by atoms with E-state index in [0.717, 1.165) is 6.26 Å². The van der Waals surface area contributed by atoms with Crippen molar-refractivity contribution in [3.8, 4) is 0 Å². The number of hydrogen-bond acceptors (Lipinski definition) is 5. The summed E-state index contributed by atoms with van der Waals surface area (Å²) >= 11 is 5.78. The van der Waals surface area contributed by atoms with E-state index in [0.29, 0.717) is 10.7 Å². The summed E-state index contributed by atoms with van der Waals surface area (Å²) < 4.78 is 30.2. The lowest BCUT2D eigenvalue weighted by atomic mass is 10.2. The number of para-hydroxylation sites is 1. The van der Waals surface area contributed by atoms with Crippen LogP contribution in [-0.2, 0) is 19.6 Å². The molecule has 2 N–H and O–H groups in total. The Hall–Kier alpha value is -2.58.